The number of allylic oxidation sites excluding steroid dienone is 2. The molecule has 304 valence electrons. The number of hydrogen-bond donors (Lipinski definition) is 4. The van der Waals surface area contributed by atoms with Crippen LogP contribution in [0.25, 0.3) is 22.3 Å². The number of carbonyl (C=O) groups is 4. The number of amides is 2. The number of aliphatic hydroxyl groups excluding tert-OH is 2. The molecule has 0 spiro atoms. The number of carbonyl (C=O) groups excluding carboxylic acids is 4. The highest BCUT2D eigenvalue weighted by Gasteiger charge is 2.31. The molecule has 0 fully saturated rings. The molecule has 4 aromatic rings. The lowest BCUT2D eigenvalue weighted by molar-refractivity contribution is -0.148. The van der Waals surface area contributed by atoms with Gasteiger partial charge in [0.2, 0.25) is 0 Å². The van der Waals surface area contributed by atoms with E-state index in [1.807, 2.05) is 109 Å². The van der Waals surface area contributed by atoms with Gasteiger partial charge in [-0.1, -0.05) is 109 Å². The monoisotopic (exact) mass is 790 g/mol. The summed E-state index contributed by atoms with van der Waals surface area (Å²) in [5.74, 6) is -1.72. The van der Waals surface area contributed by atoms with Crippen LogP contribution in [-0.2, 0) is 28.5 Å². The molecule has 2 amide bonds. The van der Waals surface area contributed by atoms with Crippen LogP contribution in [-0.4, -0.2) is 86.1 Å². The van der Waals surface area contributed by atoms with Gasteiger partial charge >= 0.3 is 24.1 Å². The summed E-state index contributed by atoms with van der Waals surface area (Å²) >= 11 is 0. The molecule has 6 rings (SSSR count). The second-order valence-corrected chi connectivity index (χ2v) is 14.2. The van der Waals surface area contributed by atoms with Gasteiger partial charge in [-0.05, 0) is 83.0 Å². The fraction of sp³-hybridized carbons (Fsp3) is 0.348. The Kier molecular flexibility index (Phi) is 15.1. The maximum absolute atomic E-state index is 12.6. The van der Waals surface area contributed by atoms with Crippen molar-refractivity contribution in [3.05, 3.63) is 131 Å². The zero-order valence-electron chi connectivity index (χ0n) is 32.3. The summed E-state index contributed by atoms with van der Waals surface area (Å²) in [5.41, 5.74) is 8.71. The molecule has 2 aliphatic rings. The lowest BCUT2D eigenvalue weighted by atomic mass is 9.98. The van der Waals surface area contributed by atoms with Crippen LogP contribution in [0, 0.1) is 0 Å². The largest absolute Gasteiger partial charge is 0.464 e. The molecule has 2 atom stereocenters. The summed E-state index contributed by atoms with van der Waals surface area (Å²) in [6, 6.07) is 29.5. The predicted octanol–water partition coefficient (Wildman–Crippen LogP) is 6.77. The van der Waals surface area contributed by atoms with Crippen molar-refractivity contribution >= 4 is 24.1 Å². The van der Waals surface area contributed by atoms with E-state index in [9.17, 15) is 29.4 Å². The van der Waals surface area contributed by atoms with Crippen LogP contribution in [0.5, 0.6) is 0 Å². The Bertz CT molecular complexity index is 1830. The first-order valence-electron chi connectivity index (χ1n) is 19.8. The second kappa shape index (κ2) is 21.0. The molecule has 0 aliphatic heterocycles. The van der Waals surface area contributed by atoms with E-state index in [0.717, 1.165) is 70.2 Å². The highest BCUT2D eigenvalue weighted by molar-refractivity contribution is 5.83. The Morgan fingerprint density at radius 2 is 0.828 bits per heavy atom. The minimum atomic E-state index is -1.23. The molecular formula is C46H50N2O10. The molecule has 12 heteroatoms. The topological polar surface area (TPSA) is 170 Å². The minimum Gasteiger partial charge on any atom is -0.464 e. The van der Waals surface area contributed by atoms with E-state index in [2.05, 4.69) is 10.6 Å². The molecule has 0 saturated carbocycles. The third kappa shape index (κ3) is 10.5. The van der Waals surface area contributed by atoms with Crippen molar-refractivity contribution in [2.45, 2.75) is 62.4 Å². The van der Waals surface area contributed by atoms with Gasteiger partial charge in [-0.15, -0.1) is 0 Å². The quantitative estimate of drug-likeness (QED) is 0.0325. The number of rotatable bonds is 20. The van der Waals surface area contributed by atoms with E-state index in [1.54, 1.807) is 0 Å². The van der Waals surface area contributed by atoms with Crippen molar-refractivity contribution < 1.29 is 48.3 Å². The lowest BCUT2D eigenvalue weighted by Crippen LogP contribution is -2.45. The third-order valence-corrected chi connectivity index (χ3v) is 10.4. The Morgan fingerprint density at radius 3 is 1.16 bits per heavy atom. The summed E-state index contributed by atoms with van der Waals surface area (Å²) in [6.45, 7) is -0.775. The average Bonchev–Trinajstić information content (AvgIpc) is 3.75. The molecule has 12 nitrogen and oxygen atoms in total. The molecule has 2 aliphatic carbocycles. The van der Waals surface area contributed by atoms with Crippen LogP contribution in [0.3, 0.4) is 0 Å². The summed E-state index contributed by atoms with van der Waals surface area (Å²) in [5, 5.41) is 24.3. The van der Waals surface area contributed by atoms with Crippen LogP contribution in [0.4, 0.5) is 9.59 Å². The molecule has 0 heterocycles. The summed E-state index contributed by atoms with van der Waals surface area (Å²) in [7, 11) is 0. The second-order valence-electron chi connectivity index (χ2n) is 14.2. The molecule has 0 unspecified atom stereocenters. The van der Waals surface area contributed by atoms with E-state index in [0.29, 0.717) is 12.8 Å². The van der Waals surface area contributed by atoms with Crippen LogP contribution in [0.1, 0.15) is 72.6 Å². The van der Waals surface area contributed by atoms with Gasteiger partial charge in [-0.25, -0.2) is 19.2 Å². The van der Waals surface area contributed by atoms with Gasteiger partial charge in [0.05, 0.1) is 26.4 Å². The highest BCUT2D eigenvalue weighted by Crippen LogP contribution is 2.45. The molecule has 4 aromatic carbocycles. The first-order chi connectivity index (χ1) is 28.4. The molecule has 0 saturated heterocycles. The van der Waals surface area contributed by atoms with E-state index in [-0.39, 0.29) is 38.3 Å². The normalized spacial score (nSPS) is 13.8. The summed E-state index contributed by atoms with van der Waals surface area (Å²) in [4.78, 5) is 50.1. The number of ether oxygens (including phenoxy) is 4. The van der Waals surface area contributed by atoms with E-state index in [1.165, 1.54) is 0 Å². The number of fused-ring (bicyclic) bond motifs is 6. The Balaban J connectivity index is 0.785. The zero-order chi connectivity index (χ0) is 40.7. The number of benzene rings is 4. The standard InChI is InChI=1S/C46H50N2O10/c49-27-41(47-45(53)57-29-39-35-21-11-7-17-31(35)32-18-8-12-22-36(32)39)43(51)55-25-15-5-3-1-2-4-6-16-26-56-44(52)42(28-50)48-46(54)58-30-40-37-23-13-9-19-33(37)34-20-10-14-24-38(34)40/h1-2,7-14,17-24,39-42,49-50H,3-6,15-16,25-30H2,(H,47,53)(H,48,54)/b2-1+/t41-,42-/m0/s1. The molecule has 58 heavy (non-hydrogen) atoms. The van der Waals surface area contributed by atoms with Crippen molar-refractivity contribution in [2.75, 3.05) is 39.6 Å². The van der Waals surface area contributed by atoms with Crippen molar-refractivity contribution in [3.63, 3.8) is 0 Å². The smallest absolute Gasteiger partial charge is 0.407 e. The average molecular weight is 791 g/mol. The fourth-order valence-corrected chi connectivity index (χ4v) is 7.43. The summed E-state index contributed by atoms with van der Waals surface area (Å²) in [6.07, 6.45) is 6.73. The van der Waals surface area contributed by atoms with Gasteiger partial charge in [0.25, 0.3) is 0 Å². The molecule has 0 bridgehead atoms. The minimum absolute atomic E-state index is 0.0876. The predicted molar refractivity (Wildman–Crippen MR) is 217 cm³/mol. The van der Waals surface area contributed by atoms with Crippen molar-refractivity contribution in [1.82, 2.24) is 10.6 Å². The zero-order valence-corrected chi connectivity index (χ0v) is 32.3. The van der Waals surface area contributed by atoms with Crippen molar-refractivity contribution in [2.24, 2.45) is 0 Å². The van der Waals surface area contributed by atoms with Crippen LogP contribution < -0.4 is 10.6 Å². The third-order valence-electron chi connectivity index (χ3n) is 10.4. The number of hydrogen-bond acceptors (Lipinski definition) is 10. The number of esters is 2. The van der Waals surface area contributed by atoms with Gasteiger partial charge < -0.3 is 39.8 Å². The van der Waals surface area contributed by atoms with Gasteiger partial charge in [-0.2, -0.15) is 0 Å². The highest BCUT2D eigenvalue weighted by atomic mass is 16.6. The molecular weight excluding hydrogens is 741 g/mol. The maximum Gasteiger partial charge on any atom is 0.407 e. The van der Waals surface area contributed by atoms with Gasteiger partial charge in [-0.3, -0.25) is 0 Å². The molecule has 0 aromatic heterocycles. The lowest BCUT2D eigenvalue weighted by Gasteiger charge is -2.18. The SMILES string of the molecule is O=C(N[C@@H](CO)C(=O)OCCCC/C=C/CCCCOC(=O)[C@H](CO)NC(=O)OCC1c2ccccc2-c2ccccc21)OCC1c2ccccc2-c2ccccc21. The van der Waals surface area contributed by atoms with Gasteiger partial charge in [0, 0.05) is 11.8 Å². The van der Waals surface area contributed by atoms with Gasteiger partial charge in [0.15, 0.2) is 12.1 Å². The number of unbranched alkanes of at least 4 members (excludes halogenated alkanes) is 4. The first kappa shape index (κ1) is 41.6. The Hall–Kier alpha value is -5.98. The molecule has 0 radical (unpaired) electrons. The Labute approximate surface area is 338 Å². The van der Waals surface area contributed by atoms with Crippen LogP contribution in [0.2, 0.25) is 0 Å². The van der Waals surface area contributed by atoms with Gasteiger partial charge in [0.1, 0.15) is 13.2 Å². The first-order valence-corrected chi connectivity index (χ1v) is 19.8. The number of aliphatic hydroxyl groups is 2. The number of nitrogens with one attached hydrogen (secondary N) is 2. The molecule has 4 N–H and O–H groups in total. The van der Waals surface area contributed by atoms with E-state index in [4.69, 9.17) is 18.9 Å². The van der Waals surface area contributed by atoms with Crippen LogP contribution in [0.15, 0.2) is 109 Å². The van der Waals surface area contributed by atoms with Crippen molar-refractivity contribution in [1.29, 1.82) is 0 Å². The Morgan fingerprint density at radius 1 is 0.500 bits per heavy atom. The van der Waals surface area contributed by atoms with E-state index >= 15 is 0 Å². The van der Waals surface area contributed by atoms with E-state index < -0.39 is 49.4 Å². The maximum atomic E-state index is 12.6. The van der Waals surface area contributed by atoms with Crippen molar-refractivity contribution in [3.8, 4) is 22.3 Å². The fourth-order valence-electron chi connectivity index (χ4n) is 7.43. The van der Waals surface area contributed by atoms with Crippen LogP contribution >= 0.6 is 0 Å². The summed E-state index contributed by atoms with van der Waals surface area (Å²) < 4.78 is 21.5. The number of alkyl carbamates (subject to hydrolysis) is 2.